The second kappa shape index (κ2) is 15.9. The van der Waals surface area contributed by atoms with Crippen molar-refractivity contribution in [1.29, 1.82) is 0 Å². The highest BCUT2D eigenvalue weighted by Crippen LogP contribution is 2.30. The minimum atomic E-state index is -1.80. The van der Waals surface area contributed by atoms with Crippen LogP contribution in [0.15, 0.2) is 83.6 Å². The Labute approximate surface area is 254 Å². The Hall–Kier alpha value is -3.09. The quantitative estimate of drug-likeness (QED) is 0.149. The molecule has 0 aromatic heterocycles. The van der Waals surface area contributed by atoms with E-state index in [9.17, 15) is 4.79 Å². The fourth-order valence-corrected chi connectivity index (χ4v) is 8.21. The normalized spacial score (nSPS) is 22.1. The number of hydrogen-bond donors (Lipinski definition) is 0. The van der Waals surface area contributed by atoms with Crippen LogP contribution in [0.4, 0.5) is 0 Å². The number of benzene rings is 2. The van der Waals surface area contributed by atoms with Crippen molar-refractivity contribution >= 4 is 14.0 Å². The largest absolute Gasteiger partial charge is 0.493 e. The number of cyclic esters (lactones) is 1. The Morgan fingerprint density at radius 2 is 1.76 bits per heavy atom. The van der Waals surface area contributed by atoms with E-state index in [0.29, 0.717) is 24.5 Å². The smallest absolute Gasteiger partial charge is 0.306 e. The van der Waals surface area contributed by atoms with Gasteiger partial charge < -0.3 is 18.9 Å². The molecule has 228 valence electrons. The average Bonchev–Trinajstić information content (AvgIpc) is 3.00. The van der Waals surface area contributed by atoms with Crippen LogP contribution in [-0.2, 0) is 26.9 Å². The number of rotatable bonds is 11. The zero-order chi connectivity index (χ0) is 30.7. The van der Waals surface area contributed by atoms with Crippen molar-refractivity contribution in [3.63, 3.8) is 0 Å². The van der Waals surface area contributed by atoms with Gasteiger partial charge in [0.05, 0.1) is 35.0 Å². The van der Waals surface area contributed by atoms with Gasteiger partial charge >= 0.3 is 5.97 Å². The second-order valence-corrected chi connectivity index (χ2v) is 16.9. The van der Waals surface area contributed by atoms with E-state index in [1.54, 1.807) is 14.2 Å². The standard InChI is InChI=1S/C36H50O5Si/c1-26(29(4)40-24-31-19-20-33(38-5)34(23-31)39-6)21-27(2)36-28(3)22-32(17-13-10-14-18-35(37)41-36)42(7,8)25-30-15-11-9-12-16-30/h9,11-13,15-17,19-23,26,28-29,36H,10,14,18,24-25H2,1-8H3/b17-13+,27-21+,32-22+/t26-,28-,29+,36-/m0/s1. The Kier molecular flexibility index (Phi) is 12.7. The predicted octanol–water partition coefficient (Wildman–Crippen LogP) is 8.44. The maximum absolute atomic E-state index is 12.8. The van der Waals surface area contributed by atoms with Crippen LogP contribution in [0, 0.1) is 11.8 Å². The number of carbonyl (C=O) groups excluding carboxylic acids is 1. The summed E-state index contributed by atoms with van der Waals surface area (Å²) in [5.41, 5.74) is 3.46. The highest BCUT2D eigenvalue weighted by molar-refractivity contribution is 6.84. The number of allylic oxidation sites excluding steroid dienone is 3. The van der Waals surface area contributed by atoms with Crippen molar-refractivity contribution < 1.29 is 23.7 Å². The number of ether oxygens (including phenoxy) is 4. The molecular weight excluding hydrogens is 540 g/mol. The molecule has 0 saturated carbocycles. The fraction of sp³-hybridized carbons (Fsp3) is 0.472. The van der Waals surface area contributed by atoms with Gasteiger partial charge in [-0.1, -0.05) is 98.4 Å². The first kappa shape index (κ1) is 33.4. The van der Waals surface area contributed by atoms with E-state index < -0.39 is 8.07 Å². The molecule has 2 aromatic rings. The van der Waals surface area contributed by atoms with Gasteiger partial charge in [-0.05, 0) is 56.0 Å². The first-order chi connectivity index (χ1) is 20.0. The van der Waals surface area contributed by atoms with E-state index in [1.165, 1.54) is 10.8 Å². The van der Waals surface area contributed by atoms with Gasteiger partial charge in [-0.15, -0.1) is 0 Å². The molecule has 0 aliphatic carbocycles. The van der Waals surface area contributed by atoms with Crippen LogP contribution < -0.4 is 9.47 Å². The monoisotopic (exact) mass is 590 g/mol. The van der Waals surface area contributed by atoms with E-state index in [-0.39, 0.29) is 30.0 Å². The van der Waals surface area contributed by atoms with E-state index in [0.717, 1.165) is 30.0 Å². The Bertz CT molecular complexity index is 1250. The van der Waals surface area contributed by atoms with Crippen LogP contribution in [0.5, 0.6) is 11.5 Å². The van der Waals surface area contributed by atoms with Crippen molar-refractivity contribution in [3.05, 3.63) is 94.7 Å². The lowest BCUT2D eigenvalue weighted by Gasteiger charge is -2.29. The molecule has 1 aliphatic heterocycles. The molecule has 0 amide bonds. The minimum absolute atomic E-state index is 0.0342. The number of hydrogen-bond acceptors (Lipinski definition) is 5. The van der Waals surface area contributed by atoms with Gasteiger partial charge in [0.25, 0.3) is 0 Å². The summed E-state index contributed by atoms with van der Waals surface area (Å²) in [5, 5.41) is 1.41. The molecule has 1 aliphatic rings. The lowest BCUT2D eigenvalue weighted by molar-refractivity contribution is -0.148. The highest BCUT2D eigenvalue weighted by atomic mass is 28.3. The molecule has 0 unspecified atom stereocenters. The molecule has 2 aromatic carbocycles. The molecule has 0 N–H and O–H groups in total. The average molecular weight is 591 g/mol. The van der Waals surface area contributed by atoms with E-state index in [4.69, 9.17) is 18.9 Å². The lowest BCUT2D eigenvalue weighted by atomic mass is 9.93. The zero-order valence-electron chi connectivity index (χ0n) is 26.8. The molecule has 5 nitrogen and oxygen atoms in total. The van der Waals surface area contributed by atoms with Gasteiger partial charge in [-0.2, -0.15) is 0 Å². The Morgan fingerprint density at radius 3 is 2.45 bits per heavy atom. The summed E-state index contributed by atoms with van der Waals surface area (Å²) in [4.78, 5) is 12.8. The lowest BCUT2D eigenvalue weighted by Crippen LogP contribution is -2.34. The molecule has 6 heteroatoms. The molecular formula is C36H50O5Si. The summed E-state index contributed by atoms with van der Waals surface area (Å²) < 4.78 is 23.2. The van der Waals surface area contributed by atoms with E-state index in [2.05, 4.69) is 95.4 Å². The molecule has 0 fully saturated rings. The zero-order valence-corrected chi connectivity index (χ0v) is 27.8. The minimum Gasteiger partial charge on any atom is -0.493 e. The molecule has 0 radical (unpaired) electrons. The van der Waals surface area contributed by atoms with Gasteiger partial charge in [0.15, 0.2) is 11.5 Å². The van der Waals surface area contributed by atoms with Crippen molar-refractivity contribution in [2.45, 2.75) is 84.9 Å². The van der Waals surface area contributed by atoms with Gasteiger partial charge in [0.2, 0.25) is 0 Å². The maximum Gasteiger partial charge on any atom is 0.306 e. The van der Waals surface area contributed by atoms with Crippen LogP contribution >= 0.6 is 0 Å². The van der Waals surface area contributed by atoms with Crippen molar-refractivity contribution in [1.82, 2.24) is 0 Å². The van der Waals surface area contributed by atoms with E-state index in [1.807, 2.05) is 18.2 Å². The molecule has 4 atom stereocenters. The molecule has 0 bridgehead atoms. The molecule has 0 spiro atoms. The third-order valence-electron chi connectivity index (χ3n) is 8.17. The van der Waals surface area contributed by atoms with E-state index >= 15 is 0 Å². The van der Waals surface area contributed by atoms with Crippen LogP contribution in [0.3, 0.4) is 0 Å². The molecule has 42 heavy (non-hydrogen) atoms. The van der Waals surface area contributed by atoms with Crippen molar-refractivity contribution in [3.8, 4) is 11.5 Å². The second-order valence-electron chi connectivity index (χ2n) is 12.2. The van der Waals surface area contributed by atoms with Gasteiger partial charge in [-0.3, -0.25) is 4.79 Å². The number of methoxy groups -OCH3 is 2. The third kappa shape index (κ3) is 9.74. The summed E-state index contributed by atoms with van der Waals surface area (Å²) >= 11 is 0. The topological polar surface area (TPSA) is 54.0 Å². The first-order valence-electron chi connectivity index (χ1n) is 15.2. The summed E-state index contributed by atoms with van der Waals surface area (Å²) in [6.45, 7) is 13.8. The summed E-state index contributed by atoms with van der Waals surface area (Å²) in [6.07, 6.45) is 10.9. The van der Waals surface area contributed by atoms with Crippen LogP contribution in [0.25, 0.3) is 0 Å². The van der Waals surface area contributed by atoms with Gasteiger partial charge in [-0.25, -0.2) is 0 Å². The summed E-state index contributed by atoms with van der Waals surface area (Å²) in [6, 6.07) is 17.7. The SMILES string of the molecule is COc1ccc(CO[C@H](C)[C@@H](C)/C=C(\C)[C@@H]2OC(=O)CCC/C=C/C([Si](C)(C)Cc3ccccc3)=C\[C@@H]2C)cc1OC. The van der Waals surface area contributed by atoms with Crippen molar-refractivity contribution in [2.75, 3.05) is 14.2 Å². The van der Waals surface area contributed by atoms with Gasteiger partial charge in [0, 0.05) is 18.3 Å². The third-order valence-corrected chi connectivity index (χ3v) is 11.4. The number of carbonyl (C=O) groups is 1. The molecule has 3 rings (SSSR count). The van der Waals surface area contributed by atoms with Crippen LogP contribution in [0.2, 0.25) is 13.1 Å². The summed E-state index contributed by atoms with van der Waals surface area (Å²) in [5.74, 6) is 1.43. The predicted molar refractivity (Wildman–Crippen MR) is 174 cm³/mol. The summed E-state index contributed by atoms with van der Waals surface area (Å²) in [7, 11) is 1.46. The molecule has 0 saturated heterocycles. The Morgan fingerprint density at radius 1 is 1.05 bits per heavy atom. The van der Waals surface area contributed by atoms with Crippen LogP contribution in [-0.4, -0.2) is 40.5 Å². The fourth-order valence-electron chi connectivity index (χ4n) is 5.47. The Balaban J connectivity index is 1.79. The number of esters is 1. The maximum atomic E-state index is 12.8. The van der Waals surface area contributed by atoms with Gasteiger partial charge in [0.1, 0.15) is 6.10 Å². The highest BCUT2D eigenvalue weighted by Gasteiger charge is 2.29. The molecule has 1 heterocycles. The van der Waals surface area contributed by atoms with Crippen LogP contribution in [0.1, 0.15) is 58.1 Å². The first-order valence-corrected chi connectivity index (χ1v) is 18.4. The van der Waals surface area contributed by atoms with Crippen molar-refractivity contribution in [2.24, 2.45) is 11.8 Å².